The fourth-order valence-corrected chi connectivity index (χ4v) is 13.8. The number of Topliss-reactive ketones (excluding diaryl/α,β-unsaturated/α-hetero) is 1. The van der Waals surface area contributed by atoms with Crippen molar-refractivity contribution < 1.29 is 77.3 Å². The van der Waals surface area contributed by atoms with Gasteiger partial charge in [-0.25, -0.2) is 0 Å². The highest BCUT2D eigenvalue weighted by atomic mass is 16.4. The molecule has 8 aromatic rings. The molecule has 0 saturated heterocycles. The van der Waals surface area contributed by atoms with Crippen LogP contribution in [0.5, 0.6) is 5.75 Å². The molecule has 11 atom stereocenters. The molecule has 618 valence electrons. The number of carbonyl (C=O) groups is 14. The Morgan fingerprint density at radius 2 is 1.02 bits per heavy atom. The summed E-state index contributed by atoms with van der Waals surface area (Å²) in [4.78, 5) is 201. The molecule has 0 saturated carbocycles. The van der Waals surface area contributed by atoms with E-state index in [1.165, 1.54) is 45.0 Å². The number of benzene rings is 5. The zero-order chi connectivity index (χ0) is 84.8. The Kier molecular flexibility index (Phi) is 31.9. The van der Waals surface area contributed by atoms with Crippen LogP contribution in [0.3, 0.4) is 0 Å². The van der Waals surface area contributed by atoms with Crippen molar-refractivity contribution in [2.75, 3.05) is 6.54 Å². The quantitative estimate of drug-likeness (QED) is 0.0240. The Morgan fingerprint density at radius 3 is 1.66 bits per heavy atom. The van der Waals surface area contributed by atoms with Gasteiger partial charge in [0.2, 0.25) is 65.0 Å². The van der Waals surface area contributed by atoms with Gasteiger partial charge in [-0.1, -0.05) is 126 Å². The summed E-state index contributed by atoms with van der Waals surface area (Å²) >= 11 is 0. The zero-order valence-corrected chi connectivity index (χ0v) is 67.2. The van der Waals surface area contributed by atoms with Crippen LogP contribution in [0, 0.1) is 25.7 Å². The number of pyridine rings is 1. The molecule has 0 aliphatic carbocycles. The second-order valence-electron chi connectivity index (χ2n) is 30.4. The lowest BCUT2D eigenvalue weighted by molar-refractivity contribution is -0.141. The van der Waals surface area contributed by atoms with Crippen molar-refractivity contribution in [1.82, 2.24) is 73.0 Å². The van der Waals surface area contributed by atoms with Crippen molar-refractivity contribution in [2.45, 2.75) is 213 Å². The number of nitrogens with one attached hydrogen (secondary N) is 12. The van der Waals surface area contributed by atoms with Gasteiger partial charge in [-0.05, 0) is 143 Å². The topological polar surface area (TPSA) is 471 Å². The van der Waals surface area contributed by atoms with E-state index in [9.17, 15) is 77.3 Å². The fourth-order valence-electron chi connectivity index (χ4n) is 13.8. The second-order valence-corrected chi connectivity index (χ2v) is 30.4. The van der Waals surface area contributed by atoms with Crippen LogP contribution >= 0.6 is 0 Å². The Bertz CT molecular complexity index is 4920. The number of ketones is 1. The van der Waals surface area contributed by atoms with Gasteiger partial charge in [0, 0.05) is 71.3 Å². The number of phenolic OH excluding ortho intramolecular Hbond substituents is 1. The summed E-state index contributed by atoms with van der Waals surface area (Å²) in [6.45, 7) is 18.1. The van der Waals surface area contributed by atoms with Crippen molar-refractivity contribution >= 4 is 126 Å². The van der Waals surface area contributed by atoms with Gasteiger partial charge in [0.1, 0.15) is 60.1 Å². The second kappa shape index (κ2) is 41.6. The number of carboxylic acids is 1. The number of aromatic hydroxyl groups is 1. The number of carbonyl (C=O) groups excluding carboxylic acids is 13. The third-order valence-electron chi connectivity index (χ3n) is 20.1. The van der Waals surface area contributed by atoms with Gasteiger partial charge in [-0.15, -0.1) is 0 Å². The molecule has 11 amide bonds. The van der Waals surface area contributed by atoms with Crippen LogP contribution in [0.15, 0.2) is 128 Å². The normalized spacial score (nSPS) is 14.3. The van der Waals surface area contributed by atoms with Crippen LogP contribution in [-0.4, -0.2) is 180 Å². The Morgan fingerprint density at radius 1 is 0.483 bits per heavy atom. The Hall–Kier alpha value is -12.4. The van der Waals surface area contributed by atoms with Gasteiger partial charge in [-0.2, -0.15) is 0 Å². The first-order chi connectivity index (χ1) is 55.1. The van der Waals surface area contributed by atoms with Crippen LogP contribution in [-0.2, 0) is 81.6 Å². The summed E-state index contributed by atoms with van der Waals surface area (Å²) in [5.41, 5.74) is 11.8. The number of aliphatic carboxylic acids is 1. The maximum atomic E-state index is 14.6. The van der Waals surface area contributed by atoms with Gasteiger partial charge >= 0.3 is 5.97 Å². The maximum Gasteiger partial charge on any atom is 0.305 e. The standard InChI is InChI=1S/C85H107N15O16/c1-12-13-25-63(95-84(115)68(41-73(105)106)98-78(109)61(86)38-53-21-15-14-16-22-53)80(111)99-67(40-55-42-88-62-26-19-17-23-58(55)62)79(110)89-44-72(104)94-66(39-54-28-30-56(101)31-29-54)83(114)91-49(8)70(102)32-33-71(103)90-50(9)76(107)96-64(36-45(2)3)81(112)92-51(10)77(108)97-65(37-46(4)5)82(113)93-52(11)85(116)100-69-27-20-18-24-59(69)74-47(6)60-43-87-35-34-57(60)48(7)75(74)100/h14-24,26-31,34-35,42-43,45-46,49-52,61,63-68,88,101H,12-13,25,32-33,36-41,44,86H2,1-11H3,(H,89,110)(H,90,103)(H,91,114)(H,92,112)(H,93,113)(H,94,104)(H,95,115)(H,96,107)(H,97,108)(H,98,109)(H,99,111)(H,105,106)/t49-,50-,51-,52-,61-,63-,64-,65-,66-,67-,68-/m0/s1. The lowest BCUT2D eigenvalue weighted by Gasteiger charge is -2.26. The predicted molar refractivity (Wildman–Crippen MR) is 437 cm³/mol. The molecular weight excluding hydrogens is 1490 g/mol. The highest BCUT2D eigenvalue weighted by molar-refractivity contribution is 6.21. The van der Waals surface area contributed by atoms with E-state index in [0.29, 0.717) is 51.5 Å². The predicted octanol–water partition coefficient (Wildman–Crippen LogP) is 4.99. The molecule has 0 radical (unpaired) electrons. The summed E-state index contributed by atoms with van der Waals surface area (Å²) < 4.78 is 1.63. The van der Waals surface area contributed by atoms with Crippen LogP contribution in [0.25, 0.3) is 43.5 Å². The van der Waals surface area contributed by atoms with E-state index >= 15 is 0 Å². The monoisotopic (exact) mass is 1590 g/mol. The molecule has 0 bridgehead atoms. The fraction of sp³-hybridized carbons (Fsp3) is 0.424. The number of fused-ring (bicyclic) bond motifs is 5. The zero-order valence-electron chi connectivity index (χ0n) is 67.2. The smallest absolute Gasteiger partial charge is 0.305 e. The lowest BCUT2D eigenvalue weighted by atomic mass is 9.97. The molecule has 0 fully saturated rings. The number of phenols is 1. The largest absolute Gasteiger partial charge is 0.508 e. The summed E-state index contributed by atoms with van der Waals surface area (Å²) in [5, 5.41) is 52.9. The van der Waals surface area contributed by atoms with Crippen molar-refractivity contribution in [3.05, 3.63) is 156 Å². The summed E-state index contributed by atoms with van der Waals surface area (Å²) in [7, 11) is 0. The number of unbranched alkanes of at least 4 members (excludes halogenated alkanes) is 1. The van der Waals surface area contributed by atoms with Crippen LogP contribution in [0.2, 0.25) is 0 Å². The van der Waals surface area contributed by atoms with Crippen molar-refractivity contribution in [3.63, 3.8) is 0 Å². The molecule has 3 aromatic heterocycles. The Balaban J connectivity index is 0.845. The number of para-hydroxylation sites is 2. The van der Waals surface area contributed by atoms with Crippen LogP contribution < -0.4 is 64.2 Å². The van der Waals surface area contributed by atoms with E-state index in [0.717, 1.165) is 32.7 Å². The van der Waals surface area contributed by atoms with E-state index < -0.39 is 175 Å². The average molecular weight is 1590 g/mol. The van der Waals surface area contributed by atoms with Crippen LogP contribution in [0.1, 0.15) is 146 Å². The van der Waals surface area contributed by atoms with Crippen molar-refractivity contribution in [1.29, 1.82) is 0 Å². The van der Waals surface area contributed by atoms with Gasteiger partial charge < -0.3 is 79.4 Å². The number of aryl methyl sites for hydroxylation is 2. The molecule has 3 heterocycles. The first kappa shape index (κ1) is 89.1. The molecule has 8 rings (SSSR count). The molecular formula is C85H107N15O16. The molecule has 0 aliphatic heterocycles. The number of carboxylic acid groups (broad SMARTS) is 1. The maximum absolute atomic E-state index is 14.6. The van der Waals surface area contributed by atoms with E-state index in [-0.39, 0.29) is 56.1 Å². The van der Waals surface area contributed by atoms with Crippen molar-refractivity contribution in [3.8, 4) is 5.75 Å². The average Bonchev–Trinajstić information content (AvgIpc) is 1.56. The van der Waals surface area contributed by atoms with E-state index in [4.69, 9.17) is 5.73 Å². The molecule has 0 unspecified atom stereocenters. The molecule has 16 N–H and O–H groups in total. The molecule has 116 heavy (non-hydrogen) atoms. The van der Waals surface area contributed by atoms with E-state index in [1.54, 1.807) is 84.7 Å². The van der Waals surface area contributed by atoms with Crippen LogP contribution in [0.4, 0.5) is 0 Å². The number of hydrogen-bond acceptors (Lipinski definition) is 17. The number of aromatic nitrogens is 3. The number of rotatable bonds is 41. The highest BCUT2D eigenvalue weighted by Crippen LogP contribution is 2.39. The third-order valence-corrected chi connectivity index (χ3v) is 20.1. The summed E-state index contributed by atoms with van der Waals surface area (Å²) in [6.07, 6.45) is 4.32. The first-order valence-corrected chi connectivity index (χ1v) is 39.1. The minimum absolute atomic E-state index is 0.0192. The van der Waals surface area contributed by atoms with E-state index in [1.807, 2.05) is 78.8 Å². The number of H-pyrrole nitrogens is 1. The number of aromatic amines is 1. The van der Waals surface area contributed by atoms with Gasteiger partial charge in [0.25, 0.3) is 5.91 Å². The minimum atomic E-state index is -1.66. The number of amides is 11. The summed E-state index contributed by atoms with van der Waals surface area (Å²) in [6, 6.07) is 16.9. The SMILES string of the molecule is CCCC[C@H](NC(=O)[C@H](CC(=O)O)NC(=O)[C@@H](N)Cc1ccccc1)C(=O)N[C@@H](Cc1c[nH]c2ccccc12)C(=O)NCC(=O)N[C@@H](Cc1ccc(O)cc1)C(=O)N[C@@H](C)C(=O)CCC(=O)N[C@@H](C)C(=O)N[C@@H](CC(C)C)C(=O)N[C@@H](C)C(=O)N[C@@H](CC(C)C)C(=O)N[C@@H](C)C(=O)n1c2ccccc2c2c(C)c3cnccc3c(C)c21. The van der Waals surface area contributed by atoms with Gasteiger partial charge in [0.05, 0.1) is 36.1 Å². The summed E-state index contributed by atoms with van der Waals surface area (Å²) in [5.74, 6) is -11.7. The van der Waals surface area contributed by atoms with Gasteiger partial charge in [-0.3, -0.25) is 76.7 Å². The number of nitrogens with two attached hydrogens (primary N) is 1. The van der Waals surface area contributed by atoms with Crippen molar-refractivity contribution in [2.24, 2.45) is 17.6 Å². The molecule has 0 aliphatic rings. The van der Waals surface area contributed by atoms with E-state index in [2.05, 4.69) is 68.5 Å². The number of hydrogen-bond donors (Lipinski definition) is 15. The van der Waals surface area contributed by atoms with Gasteiger partial charge in [0.15, 0.2) is 5.78 Å². The Labute approximate surface area is 672 Å². The lowest BCUT2D eigenvalue weighted by Crippen LogP contribution is -2.59. The first-order valence-electron chi connectivity index (χ1n) is 39.1. The molecule has 0 spiro atoms. The molecule has 5 aromatic carbocycles. The minimum Gasteiger partial charge on any atom is -0.508 e. The number of nitrogens with zero attached hydrogens (tertiary/aromatic N) is 2. The molecule has 31 heteroatoms. The third kappa shape index (κ3) is 24.3. The highest BCUT2D eigenvalue weighted by Gasteiger charge is 2.36. The molecule has 31 nitrogen and oxygen atoms in total.